The van der Waals surface area contributed by atoms with Crippen LogP contribution in [-0.4, -0.2) is 5.79 Å². The molecule has 0 aromatic heterocycles. The number of hydrogen-bond donors (Lipinski definition) is 0. The molecule has 32 heavy (non-hydrogen) atoms. The van der Waals surface area contributed by atoms with Gasteiger partial charge in [0.15, 0.2) is 11.5 Å². The Hall–Kier alpha value is -3.09. The van der Waals surface area contributed by atoms with Crippen molar-refractivity contribution in [1.82, 2.24) is 0 Å². The zero-order valence-corrected chi connectivity index (χ0v) is 19.6. The van der Waals surface area contributed by atoms with Crippen molar-refractivity contribution in [1.29, 1.82) is 0 Å². The van der Waals surface area contributed by atoms with Gasteiger partial charge in [-0.15, -0.1) is 0 Å². The molecule has 0 aliphatic carbocycles. The largest absolute Gasteiger partial charge is 0.449 e. The van der Waals surface area contributed by atoms with Gasteiger partial charge < -0.3 is 9.47 Å². The fraction of sp³-hybridized carbons (Fsp3) is 0.172. The summed E-state index contributed by atoms with van der Waals surface area (Å²) in [5.41, 5.74) is 1.50. The van der Waals surface area contributed by atoms with Gasteiger partial charge in [-0.3, -0.25) is 0 Å². The van der Waals surface area contributed by atoms with E-state index in [1.807, 2.05) is 13.8 Å². The minimum Gasteiger partial charge on any atom is -0.449 e. The molecule has 0 amide bonds. The molecule has 0 saturated heterocycles. The summed E-state index contributed by atoms with van der Waals surface area (Å²) in [4.78, 5) is 0. The Balaban J connectivity index is 1.76. The highest BCUT2D eigenvalue weighted by molar-refractivity contribution is 7.95. The SMILES string of the molecule is CC(c1ccc2c(c1)OC(C)(C)O2)[P+](c1ccccc1)(c1ccccc1)c1ccccc1. The van der Waals surface area contributed by atoms with Crippen molar-refractivity contribution in [3.05, 3.63) is 115 Å². The second kappa shape index (κ2) is 8.11. The molecule has 1 aliphatic heterocycles. The Morgan fingerprint density at radius 3 is 1.50 bits per heavy atom. The Labute approximate surface area is 191 Å². The molecular formula is C29H28O2P+. The Kier molecular flexibility index (Phi) is 5.27. The lowest BCUT2D eigenvalue weighted by molar-refractivity contribution is -0.0431. The molecule has 0 bridgehead atoms. The lowest BCUT2D eigenvalue weighted by Crippen LogP contribution is -2.34. The van der Waals surface area contributed by atoms with E-state index in [1.54, 1.807) is 0 Å². The van der Waals surface area contributed by atoms with Crippen molar-refractivity contribution >= 4 is 23.2 Å². The molecule has 5 rings (SSSR count). The summed E-state index contributed by atoms with van der Waals surface area (Å²) in [7, 11) is -2.02. The van der Waals surface area contributed by atoms with Crippen LogP contribution in [0.2, 0.25) is 0 Å². The Morgan fingerprint density at radius 1 is 0.594 bits per heavy atom. The van der Waals surface area contributed by atoms with E-state index in [4.69, 9.17) is 9.47 Å². The summed E-state index contributed by atoms with van der Waals surface area (Å²) in [5, 5.41) is 4.13. The van der Waals surface area contributed by atoms with Gasteiger partial charge >= 0.3 is 0 Å². The molecule has 0 radical (unpaired) electrons. The van der Waals surface area contributed by atoms with Crippen LogP contribution in [0.3, 0.4) is 0 Å². The second-order valence-electron chi connectivity index (χ2n) is 8.72. The molecule has 4 aromatic carbocycles. The molecule has 2 nitrogen and oxygen atoms in total. The van der Waals surface area contributed by atoms with Crippen LogP contribution in [0, 0.1) is 0 Å². The molecule has 0 fully saturated rings. The minimum absolute atomic E-state index is 0.243. The number of fused-ring (bicyclic) bond motifs is 1. The van der Waals surface area contributed by atoms with E-state index in [0.29, 0.717) is 0 Å². The van der Waals surface area contributed by atoms with Crippen molar-refractivity contribution in [2.24, 2.45) is 0 Å². The summed E-state index contributed by atoms with van der Waals surface area (Å²) in [6, 6.07) is 39.4. The second-order valence-corrected chi connectivity index (χ2v) is 12.5. The van der Waals surface area contributed by atoms with Crippen LogP contribution in [0.15, 0.2) is 109 Å². The van der Waals surface area contributed by atoms with Gasteiger partial charge in [-0.05, 0) is 61.0 Å². The monoisotopic (exact) mass is 439 g/mol. The number of ether oxygens (including phenoxy) is 2. The molecule has 0 spiro atoms. The fourth-order valence-electron chi connectivity index (χ4n) is 4.83. The molecule has 0 N–H and O–H groups in total. The van der Waals surface area contributed by atoms with Gasteiger partial charge in [-0.2, -0.15) is 0 Å². The molecule has 4 aromatic rings. The molecule has 160 valence electrons. The first-order valence-electron chi connectivity index (χ1n) is 11.1. The van der Waals surface area contributed by atoms with E-state index in [0.717, 1.165) is 11.5 Å². The Bertz CT molecular complexity index is 1110. The average molecular weight is 440 g/mol. The average Bonchev–Trinajstić information content (AvgIpc) is 3.14. The van der Waals surface area contributed by atoms with Crippen LogP contribution in [-0.2, 0) is 0 Å². The van der Waals surface area contributed by atoms with E-state index in [1.165, 1.54) is 21.5 Å². The maximum absolute atomic E-state index is 6.11. The predicted molar refractivity (Wildman–Crippen MR) is 135 cm³/mol. The van der Waals surface area contributed by atoms with E-state index >= 15 is 0 Å². The van der Waals surface area contributed by atoms with Crippen molar-refractivity contribution in [2.75, 3.05) is 0 Å². The van der Waals surface area contributed by atoms with Gasteiger partial charge in [-0.25, -0.2) is 0 Å². The van der Waals surface area contributed by atoms with Crippen LogP contribution < -0.4 is 25.4 Å². The normalized spacial score (nSPS) is 15.3. The van der Waals surface area contributed by atoms with Gasteiger partial charge in [0, 0.05) is 13.8 Å². The maximum Gasteiger partial charge on any atom is 0.246 e. The third-order valence-corrected chi connectivity index (χ3v) is 11.0. The van der Waals surface area contributed by atoms with Crippen molar-refractivity contribution in [2.45, 2.75) is 32.2 Å². The summed E-state index contributed by atoms with van der Waals surface area (Å²) in [6.07, 6.45) is 0. The van der Waals surface area contributed by atoms with Crippen molar-refractivity contribution in [3.8, 4) is 11.5 Å². The van der Waals surface area contributed by atoms with E-state index in [9.17, 15) is 0 Å². The summed E-state index contributed by atoms with van der Waals surface area (Å²) in [6.45, 7) is 6.26. The molecular weight excluding hydrogens is 411 g/mol. The predicted octanol–water partition coefficient (Wildman–Crippen LogP) is 6.25. The third-order valence-electron chi connectivity index (χ3n) is 6.23. The Morgan fingerprint density at radius 2 is 1.03 bits per heavy atom. The highest BCUT2D eigenvalue weighted by Crippen LogP contribution is 2.66. The maximum atomic E-state index is 6.11. The van der Waals surface area contributed by atoms with E-state index in [2.05, 4.69) is 116 Å². The zero-order chi connectivity index (χ0) is 22.2. The summed E-state index contributed by atoms with van der Waals surface area (Å²) in [5.74, 6) is 1.01. The minimum atomic E-state index is -2.02. The summed E-state index contributed by atoms with van der Waals surface area (Å²) >= 11 is 0. The first-order chi connectivity index (χ1) is 15.5. The molecule has 0 saturated carbocycles. The highest BCUT2D eigenvalue weighted by Gasteiger charge is 2.51. The molecule has 3 heteroatoms. The van der Waals surface area contributed by atoms with Crippen LogP contribution in [0.25, 0.3) is 0 Å². The summed E-state index contributed by atoms with van der Waals surface area (Å²) < 4.78 is 12.1. The van der Waals surface area contributed by atoms with E-state index < -0.39 is 13.0 Å². The topological polar surface area (TPSA) is 18.5 Å². The quantitative estimate of drug-likeness (QED) is 0.342. The lowest BCUT2D eigenvalue weighted by atomic mass is 10.1. The van der Waals surface area contributed by atoms with Gasteiger partial charge in [-0.1, -0.05) is 60.7 Å². The van der Waals surface area contributed by atoms with Crippen molar-refractivity contribution < 1.29 is 9.47 Å². The lowest BCUT2D eigenvalue weighted by Gasteiger charge is -2.33. The highest BCUT2D eigenvalue weighted by atomic mass is 31.2. The van der Waals surface area contributed by atoms with Crippen LogP contribution in [0.4, 0.5) is 0 Å². The smallest absolute Gasteiger partial charge is 0.246 e. The van der Waals surface area contributed by atoms with Crippen LogP contribution in [0.1, 0.15) is 32.0 Å². The van der Waals surface area contributed by atoms with Gasteiger partial charge in [0.25, 0.3) is 0 Å². The number of rotatable bonds is 5. The zero-order valence-electron chi connectivity index (χ0n) is 18.7. The molecule has 1 unspecified atom stereocenters. The van der Waals surface area contributed by atoms with Gasteiger partial charge in [0.1, 0.15) is 28.8 Å². The number of benzene rings is 4. The number of hydrogen-bond acceptors (Lipinski definition) is 2. The molecule has 1 atom stereocenters. The third kappa shape index (κ3) is 3.49. The fourth-order valence-corrected chi connectivity index (χ4v) is 9.60. The van der Waals surface area contributed by atoms with Crippen LogP contribution >= 0.6 is 7.26 Å². The van der Waals surface area contributed by atoms with E-state index in [-0.39, 0.29) is 5.66 Å². The van der Waals surface area contributed by atoms with Crippen LogP contribution in [0.5, 0.6) is 11.5 Å². The molecule has 1 heterocycles. The molecule has 1 aliphatic rings. The van der Waals surface area contributed by atoms with Crippen molar-refractivity contribution in [3.63, 3.8) is 0 Å². The van der Waals surface area contributed by atoms with Gasteiger partial charge in [0.05, 0.1) is 0 Å². The first kappa shape index (κ1) is 20.8. The standard InChI is InChI=1S/C29H28O2P/c1-22(23-19-20-27-28(21-23)31-29(2,3)30-27)32(24-13-7-4-8-14-24,25-15-9-5-10-16-25)26-17-11-6-12-18-26/h4-22H,1-3H3/q+1. The van der Waals surface area contributed by atoms with Gasteiger partial charge in [0.2, 0.25) is 5.79 Å². The first-order valence-corrected chi connectivity index (χ1v) is 12.9.